The molecule has 70 valence electrons. The number of benzene rings is 1. The number of ketones is 1. The molecule has 1 aromatic rings. The number of rotatable bonds is 3. The van der Waals surface area contributed by atoms with Crippen molar-refractivity contribution in [3.8, 4) is 5.75 Å². The van der Waals surface area contributed by atoms with Crippen molar-refractivity contribution >= 4 is 5.78 Å². The molecule has 2 heteroatoms. The van der Waals surface area contributed by atoms with Crippen LogP contribution in [0.4, 0.5) is 0 Å². The Morgan fingerprint density at radius 3 is 2.54 bits per heavy atom. The molecule has 0 radical (unpaired) electrons. The maximum Gasteiger partial charge on any atom is 0.137 e. The van der Waals surface area contributed by atoms with Crippen LogP contribution < -0.4 is 4.74 Å². The van der Waals surface area contributed by atoms with Crippen LogP contribution in [0.1, 0.15) is 25.3 Å². The standard InChI is InChI=1S/C11H14O2/c1-8(9(2)12)10-6-4-5-7-11(10)13-3/h4-8H,1-3H3. The van der Waals surface area contributed by atoms with Gasteiger partial charge in [-0.25, -0.2) is 0 Å². The molecule has 1 aromatic carbocycles. The Morgan fingerprint density at radius 1 is 1.38 bits per heavy atom. The SMILES string of the molecule is COc1ccccc1C(C)C(C)=O. The number of ether oxygens (including phenoxy) is 1. The molecule has 0 N–H and O–H groups in total. The molecule has 0 aliphatic carbocycles. The molecule has 0 heterocycles. The first-order chi connectivity index (χ1) is 6.16. The summed E-state index contributed by atoms with van der Waals surface area (Å²) >= 11 is 0. The molecule has 0 fully saturated rings. The predicted octanol–water partition coefficient (Wildman–Crippen LogP) is 2.39. The van der Waals surface area contributed by atoms with Gasteiger partial charge in [0.25, 0.3) is 0 Å². The Morgan fingerprint density at radius 2 is 2.00 bits per heavy atom. The molecule has 2 nitrogen and oxygen atoms in total. The smallest absolute Gasteiger partial charge is 0.137 e. The van der Waals surface area contributed by atoms with Crippen LogP contribution in [0.5, 0.6) is 5.75 Å². The summed E-state index contributed by atoms with van der Waals surface area (Å²) in [4.78, 5) is 11.2. The first kappa shape index (κ1) is 9.78. The molecule has 1 unspecified atom stereocenters. The van der Waals surface area contributed by atoms with Gasteiger partial charge in [-0.1, -0.05) is 25.1 Å². The molecule has 0 aliphatic rings. The fourth-order valence-corrected chi connectivity index (χ4v) is 1.24. The minimum absolute atomic E-state index is 0.0869. The van der Waals surface area contributed by atoms with E-state index in [-0.39, 0.29) is 11.7 Å². The largest absolute Gasteiger partial charge is 0.496 e. The lowest BCUT2D eigenvalue weighted by Gasteiger charge is -2.12. The predicted molar refractivity (Wildman–Crippen MR) is 52.1 cm³/mol. The summed E-state index contributed by atoms with van der Waals surface area (Å²) < 4.78 is 5.16. The van der Waals surface area contributed by atoms with E-state index in [2.05, 4.69) is 0 Å². The molecule has 1 atom stereocenters. The molecule has 0 bridgehead atoms. The second-order valence-corrected chi connectivity index (χ2v) is 3.07. The number of carbonyl (C=O) groups is 1. The van der Waals surface area contributed by atoms with Gasteiger partial charge in [0.2, 0.25) is 0 Å². The van der Waals surface area contributed by atoms with Crippen molar-refractivity contribution in [1.29, 1.82) is 0 Å². The summed E-state index contributed by atoms with van der Waals surface area (Å²) in [5, 5.41) is 0. The van der Waals surface area contributed by atoms with Crippen molar-refractivity contribution in [1.82, 2.24) is 0 Å². The molecule has 1 rings (SSSR count). The highest BCUT2D eigenvalue weighted by Gasteiger charge is 2.14. The average molecular weight is 178 g/mol. The summed E-state index contributed by atoms with van der Waals surface area (Å²) in [6.07, 6.45) is 0. The van der Waals surface area contributed by atoms with Crippen LogP contribution in [0.25, 0.3) is 0 Å². The third kappa shape index (κ3) is 2.08. The van der Waals surface area contributed by atoms with E-state index in [1.807, 2.05) is 31.2 Å². The zero-order valence-corrected chi connectivity index (χ0v) is 8.20. The second-order valence-electron chi connectivity index (χ2n) is 3.07. The van der Waals surface area contributed by atoms with Gasteiger partial charge in [-0.05, 0) is 13.0 Å². The lowest BCUT2D eigenvalue weighted by Crippen LogP contribution is -2.05. The third-order valence-corrected chi connectivity index (χ3v) is 2.22. The van der Waals surface area contributed by atoms with Crippen molar-refractivity contribution in [2.75, 3.05) is 7.11 Å². The fraction of sp³-hybridized carbons (Fsp3) is 0.364. The topological polar surface area (TPSA) is 26.3 Å². The molecule has 0 amide bonds. The molecular formula is C11H14O2. The van der Waals surface area contributed by atoms with Crippen LogP contribution in [-0.4, -0.2) is 12.9 Å². The summed E-state index contributed by atoms with van der Waals surface area (Å²) in [5.41, 5.74) is 0.956. The fourth-order valence-electron chi connectivity index (χ4n) is 1.24. The Kier molecular flexibility index (Phi) is 3.07. The maximum atomic E-state index is 11.2. The maximum absolute atomic E-state index is 11.2. The van der Waals surface area contributed by atoms with Crippen molar-refractivity contribution in [2.24, 2.45) is 0 Å². The van der Waals surface area contributed by atoms with Crippen LogP contribution in [0.15, 0.2) is 24.3 Å². The minimum atomic E-state index is -0.0869. The van der Waals surface area contributed by atoms with Gasteiger partial charge in [-0.3, -0.25) is 4.79 Å². The molecule has 13 heavy (non-hydrogen) atoms. The van der Waals surface area contributed by atoms with E-state index in [0.29, 0.717) is 0 Å². The number of hydrogen-bond acceptors (Lipinski definition) is 2. The van der Waals surface area contributed by atoms with Crippen LogP contribution in [-0.2, 0) is 4.79 Å². The van der Waals surface area contributed by atoms with Crippen molar-refractivity contribution in [3.63, 3.8) is 0 Å². The zero-order chi connectivity index (χ0) is 9.84. The number of carbonyl (C=O) groups excluding carboxylic acids is 1. The Balaban J connectivity index is 3.05. The van der Waals surface area contributed by atoms with E-state index in [1.54, 1.807) is 14.0 Å². The number of methoxy groups -OCH3 is 1. The highest BCUT2D eigenvalue weighted by molar-refractivity contribution is 5.83. The van der Waals surface area contributed by atoms with E-state index in [0.717, 1.165) is 11.3 Å². The molecule has 0 saturated carbocycles. The quantitative estimate of drug-likeness (QED) is 0.710. The summed E-state index contributed by atoms with van der Waals surface area (Å²) in [6, 6.07) is 7.60. The molecular weight excluding hydrogens is 164 g/mol. The molecule has 0 aliphatic heterocycles. The van der Waals surface area contributed by atoms with E-state index in [9.17, 15) is 4.79 Å². The van der Waals surface area contributed by atoms with Crippen molar-refractivity contribution in [2.45, 2.75) is 19.8 Å². The Labute approximate surface area is 78.5 Å². The Bertz CT molecular complexity index is 305. The molecule has 0 spiro atoms. The first-order valence-corrected chi connectivity index (χ1v) is 4.30. The van der Waals surface area contributed by atoms with Gasteiger partial charge >= 0.3 is 0 Å². The Hall–Kier alpha value is -1.31. The summed E-state index contributed by atoms with van der Waals surface area (Å²) in [7, 11) is 1.62. The normalized spacial score (nSPS) is 12.2. The van der Waals surface area contributed by atoms with E-state index < -0.39 is 0 Å². The van der Waals surface area contributed by atoms with Crippen molar-refractivity contribution < 1.29 is 9.53 Å². The van der Waals surface area contributed by atoms with Gasteiger partial charge in [0, 0.05) is 11.5 Å². The molecule has 0 aromatic heterocycles. The van der Waals surface area contributed by atoms with Gasteiger partial charge in [-0.2, -0.15) is 0 Å². The number of Topliss-reactive ketones (excluding diaryl/α,β-unsaturated/α-hetero) is 1. The molecule has 0 saturated heterocycles. The second kappa shape index (κ2) is 4.08. The highest BCUT2D eigenvalue weighted by Crippen LogP contribution is 2.26. The first-order valence-electron chi connectivity index (χ1n) is 4.30. The van der Waals surface area contributed by atoms with E-state index >= 15 is 0 Å². The number of para-hydroxylation sites is 1. The van der Waals surface area contributed by atoms with Gasteiger partial charge in [0.15, 0.2) is 0 Å². The van der Waals surface area contributed by atoms with Gasteiger partial charge in [0.1, 0.15) is 11.5 Å². The highest BCUT2D eigenvalue weighted by atomic mass is 16.5. The lowest BCUT2D eigenvalue weighted by molar-refractivity contribution is -0.118. The van der Waals surface area contributed by atoms with Crippen LogP contribution in [0.3, 0.4) is 0 Å². The van der Waals surface area contributed by atoms with Gasteiger partial charge in [0.05, 0.1) is 7.11 Å². The average Bonchev–Trinajstić information content (AvgIpc) is 2.16. The van der Waals surface area contributed by atoms with E-state index in [4.69, 9.17) is 4.74 Å². The van der Waals surface area contributed by atoms with E-state index in [1.165, 1.54) is 0 Å². The monoisotopic (exact) mass is 178 g/mol. The van der Waals surface area contributed by atoms with Gasteiger partial charge in [-0.15, -0.1) is 0 Å². The number of hydrogen-bond donors (Lipinski definition) is 0. The van der Waals surface area contributed by atoms with Crippen molar-refractivity contribution in [3.05, 3.63) is 29.8 Å². The third-order valence-electron chi connectivity index (χ3n) is 2.22. The van der Waals surface area contributed by atoms with Gasteiger partial charge < -0.3 is 4.74 Å². The van der Waals surface area contributed by atoms with Crippen LogP contribution in [0, 0.1) is 0 Å². The minimum Gasteiger partial charge on any atom is -0.496 e. The summed E-state index contributed by atoms with van der Waals surface area (Å²) in [6.45, 7) is 3.48. The zero-order valence-electron chi connectivity index (χ0n) is 8.20. The van der Waals surface area contributed by atoms with Crippen LogP contribution >= 0.6 is 0 Å². The summed E-state index contributed by atoms with van der Waals surface area (Å²) in [5.74, 6) is 0.853. The van der Waals surface area contributed by atoms with Crippen LogP contribution in [0.2, 0.25) is 0 Å². The lowest BCUT2D eigenvalue weighted by atomic mass is 9.97.